The molecule has 0 atom stereocenters. The Morgan fingerprint density at radius 1 is 1.20 bits per heavy atom. The van der Waals surface area contributed by atoms with E-state index >= 15 is 0 Å². The van der Waals surface area contributed by atoms with Crippen LogP contribution in [0.3, 0.4) is 0 Å². The van der Waals surface area contributed by atoms with Gasteiger partial charge < -0.3 is 5.73 Å². The largest absolute Gasteiger partial charge is 0.398 e. The fourth-order valence-electron chi connectivity index (χ4n) is 2.99. The summed E-state index contributed by atoms with van der Waals surface area (Å²) in [6, 6.07) is 13.8. The van der Waals surface area contributed by atoms with Crippen molar-refractivity contribution >= 4 is 61.3 Å². The SMILES string of the molecule is C=C(C)c1nnc(NC(=O)c2cc(C=NC)c(N)c(-c3cc4ccccc4s3)c2)s1. The van der Waals surface area contributed by atoms with Crippen molar-refractivity contribution in [3.8, 4) is 10.4 Å². The minimum Gasteiger partial charge on any atom is -0.398 e. The third kappa shape index (κ3) is 3.87. The minimum absolute atomic E-state index is 0.285. The van der Waals surface area contributed by atoms with Crippen molar-refractivity contribution in [3.63, 3.8) is 0 Å². The topological polar surface area (TPSA) is 93.3 Å². The van der Waals surface area contributed by atoms with Gasteiger partial charge in [0, 0.05) is 45.2 Å². The Hall–Kier alpha value is -3.36. The van der Waals surface area contributed by atoms with E-state index in [1.165, 1.54) is 11.3 Å². The number of carbonyl (C=O) groups excluding carboxylic acids is 1. The maximum atomic E-state index is 12.9. The summed E-state index contributed by atoms with van der Waals surface area (Å²) in [6.07, 6.45) is 1.66. The van der Waals surface area contributed by atoms with Crippen molar-refractivity contribution in [2.45, 2.75) is 6.92 Å². The number of allylic oxidation sites excluding steroid dienone is 1. The molecular weight excluding hydrogens is 414 g/mol. The van der Waals surface area contributed by atoms with Gasteiger partial charge in [0.2, 0.25) is 5.13 Å². The summed E-state index contributed by atoms with van der Waals surface area (Å²) in [7, 11) is 1.67. The third-order valence-electron chi connectivity index (χ3n) is 4.44. The van der Waals surface area contributed by atoms with Gasteiger partial charge in [0.25, 0.3) is 5.91 Å². The van der Waals surface area contributed by atoms with Crippen LogP contribution in [0.5, 0.6) is 0 Å². The van der Waals surface area contributed by atoms with Gasteiger partial charge in [-0.3, -0.25) is 15.1 Å². The van der Waals surface area contributed by atoms with Crippen LogP contribution in [-0.2, 0) is 0 Å². The average Bonchev–Trinajstić information content (AvgIpc) is 3.36. The molecule has 0 aliphatic carbocycles. The van der Waals surface area contributed by atoms with Gasteiger partial charge in [-0.05, 0) is 42.1 Å². The predicted molar refractivity (Wildman–Crippen MR) is 128 cm³/mol. The maximum absolute atomic E-state index is 12.9. The van der Waals surface area contributed by atoms with Crippen LogP contribution >= 0.6 is 22.7 Å². The van der Waals surface area contributed by atoms with Gasteiger partial charge in [-0.1, -0.05) is 36.1 Å². The number of hydrogen-bond acceptors (Lipinski definition) is 7. The van der Waals surface area contributed by atoms with E-state index in [0.717, 1.165) is 26.1 Å². The Balaban J connectivity index is 1.75. The highest BCUT2D eigenvalue weighted by Gasteiger charge is 2.17. The van der Waals surface area contributed by atoms with Crippen LogP contribution in [-0.4, -0.2) is 29.4 Å². The minimum atomic E-state index is -0.285. The number of nitrogens with two attached hydrogens (primary N) is 1. The highest BCUT2D eigenvalue weighted by Crippen LogP contribution is 2.38. The Bertz CT molecular complexity index is 1270. The first kappa shape index (κ1) is 19.9. The second kappa shape index (κ2) is 8.17. The molecule has 0 unspecified atom stereocenters. The normalized spacial score (nSPS) is 11.3. The number of rotatable bonds is 5. The van der Waals surface area contributed by atoms with Crippen molar-refractivity contribution < 1.29 is 4.79 Å². The molecule has 8 heteroatoms. The number of benzene rings is 2. The molecule has 30 heavy (non-hydrogen) atoms. The zero-order valence-corrected chi connectivity index (χ0v) is 18.1. The molecule has 0 aliphatic rings. The Labute approximate surface area is 181 Å². The molecule has 2 aromatic carbocycles. The molecule has 0 saturated heterocycles. The van der Waals surface area contributed by atoms with Crippen LogP contribution < -0.4 is 11.1 Å². The monoisotopic (exact) mass is 433 g/mol. The smallest absolute Gasteiger partial charge is 0.257 e. The van der Waals surface area contributed by atoms with E-state index in [1.807, 2.05) is 25.1 Å². The quantitative estimate of drug-likeness (QED) is 0.328. The molecule has 2 aromatic heterocycles. The van der Waals surface area contributed by atoms with Gasteiger partial charge >= 0.3 is 0 Å². The molecule has 6 nitrogen and oxygen atoms in total. The molecule has 4 aromatic rings. The number of nitrogens with one attached hydrogen (secondary N) is 1. The lowest BCUT2D eigenvalue weighted by Gasteiger charge is -2.10. The molecule has 1 amide bonds. The number of carbonyl (C=O) groups is 1. The standard InChI is InChI=1S/C22H19N5OS2/c1-12(2)21-26-27-22(30-21)25-20(28)14-8-15(11-24-3)19(23)16(9-14)18-10-13-6-4-5-7-17(13)29-18/h4-11H,1,23H2,2-3H3,(H,25,27,28). The van der Waals surface area contributed by atoms with Crippen molar-refractivity contribution in [2.75, 3.05) is 18.1 Å². The molecule has 150 valence electrons. The molecule has 3 N–H and O–H groups in total. The third-order valence-corrected chi connectivity index (χ3v) is 6.59. The lowest BCUT2D eigenvalue weighted by molar-refractivity contribution is 0.102. The second-order valence-electron chi connectivity index (χ2n) is 6.71. The number of aliphatic imine (C=N–C) groups is 1. The number of aromatic nitrogens is 2. The first-order valence-electron chi connectivity index (χ1n) is 9.11. The average molecular weight is 434 g/mol. The molecule has 0 fully saturated rings. The summed E-state index contributed by atoms with van der Waals surface area (Å²) in [5, 5.41) is 13.1. The molecule has 0 saturated carbocycles. The molecule has 2 heterocycles. The summed E-state index contributed by atoms with van der Waals surface area (Å²) in [4.78, 5) is 18.0. The van der Waals surface area contributed by atoms with Crippen LogP contribution in [0.1, 0.15) is 27.9 Å². The van der Waals surface area contributed by atoms with E-state index in [2.05, 4.69) is 45.3 Å². The highest BCUT2D eigenvalue weighted by molar-refractivity contribution is 7.22. The lowest BCUT2D eigenvalue weighted by atomic mass is 10.0. The van der Waals surface area contributed by atoms with Crippen LogP contribution in [0, 0.1) is 0 Å². The Morgan fingerprint density at radius 3 is 2.70 bits per heavy atom. The first-order valence-corrected chi connectivity index (χ1v) is 10.7. The number of fused-ring (bicyclic) bond motifs is 1. The molecule has 0 aliphatic heterocycles. The van der Waals surface area contributed by atoms with Crippen molar-refractivity contribution in [1.82, 2.24) is 10.2 Å². The van der Waals surface area contributed by atoms with Gasteiger partial charge in [0.15, 0.2) is 0 Å². The number of amides is 1. The highest BCUT2D eigenvalue weighted by atomic mass is 32.1. The molecule has 0 spiro atoms. The van der Waals surface area contributed by atoms with Crippen molar-refractivity contribution in [1.29, 1.82) is 0 Å². The van der Waals surface area contributed by atoms with Crippen LogP contribution in [0.15, 0.2) is 54.0 Å². The summed E-state index contributed by atoms with van der Waals surface area (Å²) < 4.78 is 1.16. The number of nitrogens with zero attached hydrogens (tertiary/aromatic N) is 3. The van der Waals surface area contributed by atoms with Gasteiger partial charge in [0.05, 0.1) is 0 Å². The van der Waals surface area contributed by atoms with E-state index in [0.29, 0.717) is 27.0 Å². The fourth-order valence-corrected chi connectivity index (χ4v) is 4.74. The predicted octanol–water partition coefficient (Wildman–Crippen LogP) is 5.34. The van der Waals surface area contributed by atoms with Gasteiger partial charge in [-0.2, -0.15) is 0 Å². The number of hydrogen-bond donors (Lipinski definition) is 2. The van der Waals surface area contributed by atoms with Crippen LogP contribution in [0.25, 0.3) is 26.1 Å². The van der Waals surface area contributed by atoms with Crippen molar-refractivity contribution in [3.05, 3.63) is 65.2 Å². The van der Waals surface area contributed by atoms with E-state index < -0.39 is 0 Å². The Morgan fingerprint density at radius 2 is 2.00 bits per heavy atom. The van der Waals surface area contributed by atoms with E-state index in [9.17, 15) is 4.79 Å². The lowest BCUT2D eigenvalue weighted by Crippen LogP contribution is -2.13. The summed E-state index contributed by atoms with van der Waals surface area (Å²) >= 11 is 2.92. The number of nitrogen functional groups attached to an aromatic ring is 1. The summed E-state index contributed by atoms with van der Waals surface area (Å²) in [5.41, 5.74) is 9.79. The zero-order chi connectivity index (χ0) is 21.3. The Kier molecular flexibility index (Phi) is 5.43. The van der Waals surface area contributed by atoms with Gasteiger partial charge in [0.1, 0.15) is 5.01 Å². The first-order chi connectivity index (χ1) is 14.5. The van der Waals surface area contributed by atoms with E-state index in [-0.39, 0.29) is 5.91 Å². The number of anilines is 2. The van der Waals surface area contributed by atoms with Crippen molar-refractivity contribution in [2.24, 2.45) is 4.99 Å². The molecular formula is C22H19N5OS2. The van der Waals surface area contributed by atoms with Crippen LogP contribution in [0.4, 0.5) is 10.8 Å². The number of thiophene rings is 1. The fraction of sp³-hybridized carbons (Fsp3) is 0.0909. The molecule has 4 rings (SSSR count). The van der Waals surface area contributed by atoms with Gasteiger partial charge in [-0.25, -0.2) is 0 Å². The molecule has 0 radical (unpaired) electrons. The van der Waals surface area contributed by atoms with E-state index in [4.69, 9.17) is 5.73 Å². The van der Waals surface area contributed by atoms with Gasteiger partial charge in [-0.15, -0.1) is 21.5 Å². The summed E-state index contributed by atoms with van der Waals surface area (Å²) in [6.45, 7) is 5.70. The van der Waals surface area contributed by atoms with Crippen LogP contribution in [0.2, 0.25) is 0 Å². The van der Waals surface area contributed by atoms with E-state index in [1.54, 1.807) is 30.7 Å². The molecule has 0 bridgehead atoms. The second-order valence-corrected chi connectivity index (χ2v) is 8.77. The maximum Gasteiger partial charge on any atom is 0.257 e. The zero-order valence-electron chi connectivity index (χ0n) is 16.5. The summed E-state index contributed by atoms with van der Waals surface area (Å²) in [5.74, 6) is -0.285.